The third-order valence-electron chi connectivity index (χ3n) is 3.80. The van der Waals surface area contributed by atoms with Crippen molar-refractivity contribution in [2.45, 2.75) is 13.3 Å². The molecular weight excluding hydrogens is 322 g/mol. The summed E-state index contributed by atoms with van der Waals surface area (Å²) in [5, 5.41) is 10.4. The lowest BCUT2D eigenvalue weighted by Crippen LogP contribution is -2.12. The van der Waals surface area contributed by atoms with Gasteiger partial charge in [-0.1, -0.05) is 34.9 Å². The molecular formula is C18H15N3O4. The topological polar surface area (TPSA) is 86.5 Å². The summed E-state index contributed by atoms with van der Waals surface area (Å²) in [4.78, 5) is 12.3. The van der Waals surface area contributed by atoms with Gasteiger partial charge in [0.15, 0.2) is 11.5 Å². The molecule has 0 bridgehead atoms. The smallest absolute Gasteiger partial charge is 0.322 e. The van der Waals surface area contributed by atoms with E-state index in [0.29, 0.717) is 29.4 Å². The molecule has 25 heavy (non-hydrogen) atoms. The van der Waals surface area contributed by atoms with E-state index >= 15 is 0 Å². The Morgan fingerprint density at radius 2 is 1.88 bits per heavy atom. The van der Waals surface area contributed by atoms with Crippen LogP contribution in [-0.2, 0) is 6.42 Å². The number of benzene rings is 2. The molecule has 1 aliphatic rings. The van der Waals surface area contributed by atoms with Gasteiger partial charge < -0.3 is 13.9 Å². The van der Waals surface area contributed by atoms with Crippen LogP contribution in [0.2, 0.25) is 0 Å². The Labute approximate surface area is 143 Å². The number of fused-ring (bicyclic) bond motifs is 1. The van der Waals surface area contributed by atoms with Crippen LogP contribution < -0.4 is 14.8 Å². The van der Waals surface area contributed by atoms with Crippen molar-refractivity contribution < 1.29 is 18.7 Å². The number of hydrogen-bond donors (Lipinski definition) is 1. The monoisotopic (exact) mass is 337 g/mol. The molecule has 2 aromatic carbocycles. The van der Waals surface area contributed by atoms with Crippen LogP contribution >= 0.6 is 0 Å². The highest BCUT2D eigenvalue weighted by molar-refractivity contribution is 6.03. The van der Waals surface area contributed by atoms with Gasteiger partial charge in [-0.25, -0.2) is 0 Å². The molecule has 126 valence electrons. The highest BCUT2D eigenvalue weighted by Crippen LogP contribution is 2.32. The number of aryl methyl sites for hydroxylation is 1. The highest BCUT2D eigenvalue weighted by atomic mass is 16.7. The Balaban J connectivity index is 1.43. The lowest BCUT2D eigenvalue weighted by Gasteiger charge is -2.02. The van der Waals surface area contributed by atoms with E-state index in [4.69, 9.17) is 13.9 Å². The van der Waals surface area contributed by atoms with E-state index in [0.717, 1.165) is 5.56 Å². The van der Waals surface area contributed by atoms with E-state index in [9.17, 15) is 4.79 Å². The van der Waals surface area contributed by atoms with Crippen molar-refractivity contribution in [3.63, 3.8) is 0 Å². The van der Waals surface area contributed by atoms with Crippen LogP contribution in [0.3, 0.4) is 0 Å². The predicted molar refractivity (Wildman–Crippen MR) is 88.8 cm³/mol. The second-order valence-corrected chi connectivity index (χ2v) is 5.69. The maximum Gasteiger partial charge on any atom is 0.322 e. The van der Waals surface area contributed by atoms with Crippen LogP contribution in [0.25, 0.3) is 0 Å². The largest absolute Gasteiger partial charge is 0.454 e. The molecule has 0 fully saturated rings. The SMILES string of the molecule is Cc1ccc(Cc2nnc(NC(=O)c3ccc4c(c3)OCO4)o2)cc1. The Kier molecular flexibility index (Phi) is 3.81. The van der Waals surface area contributed by atoms with Gasteiger partial charge in [0.05, 0.1) is 6.42 Å². The van der Waals surface area contributed by atoms with Gasteiger partial charge in [0.25, 0.3) is 5.91 Å². The van der Waals surface area contributed by atoms with E-state index in [1.807, 2.05) is 31.2 Å². The fraction of sp³-hybridized carbons (Fsp3) is 0.167. The number of amides is 1. The summed E-state index contributed by atoms with van der Waals surface area (Å²) in [5.74, 6) is 1.24. The number of carbonyl (C=O) groups excluding carboxylic acids is 1. The summed E-state index contributed by atoms with van der Waals surface area (Å²) in [7, 11) is 0. The number of anilines is 1. The average Bonchev–Trinajstić information content (AvgIpc) is 3.25. The number of nitrogens with zero attached hydrogens (tertiary/aromatic N) is 2. The molecule has 0 saturated carbocycles. The Bertz CT molecular complexity index is 918. The third kappa shape index (κ3) is 3.30. The maximum absolute atomic E-state index is 12.3. The van der Waals surface area contributed by atoms with Gasteiger partial charge in [-0.05, 0) is 30.7 Å². The Morgan fingerprint density at radius 3 is 2.72 bits per heavy atom. The second kappa shape index (κ2) is 6.27. The first-order valence-electron chi connectivity index (χ1n) is 7.76. The van der Waals surface area contributed by atoms with Gasteiger partial charge in [-0.3, -0.25) is 10.1 Å². The van der Waals surface area contributed by atoms with Crippen LogP contribution in [0.1, 0.15) is 27.4 Å². The zero-order valence-electron chi connectivity index (χ0n) is 13.5. The number of rotatable bonds is 4. The van der Waals surface area contributed by atoms with Crippen molar-refractivity contribution >= 4 is 11.9 Å². The molecule has 1 N–H and O–H groups in total. The van der Waals surface area contributed by atoms with Gasteiger partial charge in [-0.2, -0.15) is 0 Å². The number of aromatic nitrogens is 2. The molecule has 1 aliphatic heterocycles. The van der Waals surface area contributed by atoms with Gasteiger partial charge in [-0.15, -0.1) is 5.10 Å². The Morgan fingerprint density at radius 1 is 1.08 bits per heavy atom. The molecule has 0 saturated heterocycles. The van der Waals surface area contributed by atoms with Gasteiger partial charge in [0.2, 0.25) is 12.7 Å². The molecule has 7 nitrogen and oxygen atoms in total. The summed E-state index contributed by atoms with van der Waals surface area (Å²) < 4.78 is 16.0. The maximum atomic E-state index is 12.3. The van der Waals surface area contributed by atoms with E-state index in [2.05, 4.69) is 15.5 Å². The lowest BCUT2D eigenvalue weighted by atomic mass is 10.1. The standard InChI is InChI=1S/C18H15N3O4/c1-11-2-4-12(5-3-11)8-16-20-21-18(25-16)19-17(22)13-6-7-14-15(9-13)24-10-23-14/h2-7,9H,8,10H2,1H3,(H,19,21,22). The van der Waals surface area contributed by atoms with E-state index in [1.54, 1.807) is 18.2 Å². The number of hydrogen-bond acceptors (Lipinski definition) is 6. The first-order chi connectivity index (χ1) is 12.2. The fourth-order valence-corrected chi connectivity index (χ4v) is 2.46. The first-order valence-corrected chi connectivity index (χ1v) is 7.76. The predicted octanol–water partition coefficient (Wildman–Crippen LogP) is 2.95. The third-order valence-corrected chi connectivity index (χ3v) is 3.80. The van der Waals surface area contributed by atoms with E-state index < -0.39 is 0 Å². The summed E-state index contributed by atoms with van der Waals surface area (Å²) in [5.41, 5.74) is 2.66. The van der Waals surface area contributed by atoms with Crippen LogP contribution in [0, 0.1) is 6.92 Å². The minimum Gasteiger partial charge on any atom is -0.454 e. The zero-order valence-corrected chi connectivity index (χ0v) is 13.5. The van der Waals surface area contributed by atoms with Crippen LogP contribution in [0.5, 0.6) is 11.5 Å². The Hall–Kier alpha value is -3.35. The second-order valence-electron chi connectivity index (χ2n) is 5.69. The van der Waals surface area contributed by atoms with E-state index in [1.165, 1.54) is 5.56 Å². The summed E-state index contributed by atoms with van der Waals surface area (Å²) in [6.07, 6.45) is 0.507. The molecule has 0 spiro atoms. The van der Waals surface area contributed by atoms with Gasteiger partial charge in [0, 0.05) is 5.56 Å². The summed E-state index contributed by atoms with van der Waals surface area (Å²) in [6, 6.07) is 13.1. The minimum atomic E-state index is -0.358. The zero-order chi connectivity index (χ0) is 17.2. The molecule has 2 heterocycles. The highest BCUT2D eigenvalue weighted by Gasteiger charge is 2.17. The van der Waals surface area contributed by atoms with Crippen molar-refractivity contribution in [3.05, 3.63) is 65.0 Å². The summed E-state index contributed by atoms with van der Waals surface area (Å²) in [6.45, 7) is 2.19. The fourth-order valence-electron chi connectivity index (χ4n) is 2.46. The molecule has 0 aliphatic carbocycles. The molecule has 4 rings (SSSR count). The number of nitrogens with one attached hydrogen (secondary N) is 1. The first kappa shape index (κ1) is 15.2. The lowest BCUT2D eigenvalue weighted by molar-refractivity contribution is 0.102. The molecule has 1 amide bonds. The molecule has 3 aromatic rings. The van der Waals surface area contributed by atoms with Gasteiger partial charge >= 0.3 is 6.01 Å². The normalized spacial score (nSPS) is 12.2. The van der Waals surface area contributed by atoms with Crippen molar-refractivity contribution in [2.75, 3.05) is 12.1 Å². The summed E-state index contributed by atoms with van der Waals surface area (Å²) >= 11 is 0. The van der Waals surface area contributed by atoms with Crippen molar-refractivity contribution in [3.8, 4) is 11.5 Å². The molecule has 0 atom stereocenters. The van der Waals surface area contributed by atoms with E-state index in [-0.39, 0.29) is 18.7 Å². The minimum absolute atomic E-state index is 0.0600. The molecule has 0 unspecified atom stereocenters. The number of carbonyl (C=O) groups is 1. The quantitative estimate of drug-likeness (QED) is 0.788. The van der Waals surface area contributed by atoms with Gasteiger partial charge in [0.1, 0.15) is 0 Å². The molecule has 7 heteroatoms. The van der Waals surface area contributed by atoms with Crippen LogP contribution in [-0.4, -0.2) is 22.9 Å². The van der Waals surface area contributed by atoms with Crippen LogP contribution in [0.15, 0.2) is 46.9 Å². The molecule has 0 radical (unpaired) electrons. The molecule has 1 aromatic heterocycles. The van der Waals surface area contributed by atoms with Crippen LogP contribution in [0.4, 0.5) is 6.01 Å². The van der Waals surface area contributed by atoms with Crippen molar-refractivity contribution in [1.29, 1.82) is 0 Å². The van der Waals surface area contributed by atoms with Crippen molar-refractivity contribution in [2.24, 2.45) is 0 Å². The average molecular weight is 337 g/mol. The number of ether oxygens (including phenoxy) is 2. The van der Waals surface area contributed by atoms with Crippen molar-refractivity contribution in [1.82, 2.24) is 10.2 Å².